The van der Waals surface area contributed by atoms with E-state index >= 15 is 0 Å². The molecule has 2 amide bonds. The topological polar surface area (TPSA) is 55.8 Å². The van der Waals surface area contributed by atoms with E-state index in [1.165, 1.54) is 11.1 Å². The van der Waals surface area contributed by atoms with Crippen LogP contribution in [0.4, 0.5) is 4.79 Å². The average Bonchev–Trinajstić information content (AvgIpc) is 2.68. The normalized spacial score (nSPS) is 20.2. The molecule has 1 fully saturated rings. The van der Waals surface area contributed by atoms with E-state index in [0.717, 1.165) is 58.4 Å². The standard InChI is InChI=1S/C20H31N3O2/c1-2-20(16-24)8-12-23(13-9-20)19(25)21-10-14-22-11-7-17-5-3-4-6-18(17)15-22/h3-6,24H,2,7-16H2,1H3,(H,21,25). The molecule has 5 heteroatoms. The van der Waals surface area contributed by atoms with Crippen molar-refractivity contribution in [3.63, 3.8) is 0 Å². The highest BCUT2D eigenvalue weighted by molar-refractivity contribution is 5.74. The van der Waals surface area contributed by atoms with Crippen LogP contribution in [-0.2, 0) is 13.0 Å². The van der Waals surface area contributed by atoms with Crippen LogP contribution in [0.15, 0.2) is 24.3 Å². The molecule has 0 unspecified atom stereocenters. The summed E-state index contributed by atoms with van der Waals surface area (Å²) in [6.07, 6.45) is 3.87. The largest absolute Gasteiger partial charge is 0.396 e. The first-order chi connectivity index (χ1) is 12.2. The first-order valence-corrected chi connectivity index (χ1v) is 9.58. The number of urea groups is 1. The van der Waals surface area contributed by atoms with Gasteiger partial charge in [0, 0.05) is 45.9 Å². The predicted molar refractivity (Wildman–Crippen MR) is 99.4 cm³/mol. The van der Waals surface area contributed by atoms with Gasteiger partial charge in [0.25, 0.3) is 0 Å². The third-order valence-corrected chi connectivity index (χ3v) is 6.11. The number of nitrogens with one attached hydrogen (secondary N) is 1. The van der Waals surface area contributed by atoms with E-state index in [4.69, 9.17) is 0 Å². The molecule has 1 aromatic carbocycles. The van der Waals surface area contributed by atoms with Crippen LogP contribution >= 0.6 is 0 Å². The van der Waals surface area contributed by atoms with E-state index < -0.39 is 0 Å². The molecule has 0 spiro atoms. The van der Waals surface area contributed by atoms with E-state index in [0.29, 0.717) is 6.54 Å². The fourth-order valence-corrected chi connectivity index (χ4v) is 3.99. The minimum Gasteiger partial charge on any atom is -0.396 e. The number of hydrogen-bond donors (Lipinski definition) is 2. The fourth-order valence-electron chi connectivity index (χ4n) is 3.99. The van der Waals surface area contributed by atoms with Crippen LogP contribution < -0.4 is 5.32 Å². The van der Waals surface area contributed by atoms with Crippen LogP contribution in [0.3, 0.4) is 0 Å². The number of aliphatic hydroxyl groups is 1. The third-order valence-electron chi connectivity index (χ3n) is 6.11. The molecule has 0 radical (unpaired) electrons. The quantitative estimate of drug-likeness (QED) is 0.860. The summed E-state index contributed by atoms with van der Waals surface area (Å²) in [6, 6.07) is 8.67. The fraction of sp³-hybridized carbons (Fsp3) is 0.650. The molecule has 2 aliphatic heterocycles. The monoisotopic (exact) mass is 345 g/mol. The number of likely N-dealkylation sites (tertiary alicyclic amines) is 1. The summed E-state index contributed by atoms with van der Waals surface area (Å²) >= 11 is 0. The van der Waals surface area contributed by atoms with Crippen LogP contribution in [-0.4, -0.2) is 60.3 Å². The number of amides is 2. The van der Waals surface area contributed by atoms with Crippen LogP contribution in [0.1, 0.15) is 37.3 Å². The molecule has 0 saturated carbocycles. The molecule has 2 N–H and O–H groups in total. The third kappa shape index (κ3) is 4.33. The lowest BCUT2D eigenvalue weighted by molar-refractivity contribution is 0.0518. The summed E-state index contributed by atoms with van der Waals surface area (Å²) in [5.74, 6) is 0. The van der Waals surface area contributed by atoms with Gasteiger partial charge in [0.1, 0.15) is 0 Å². The summed E-state index contributed by atoms with van der Waals surface area (Å²) in [5.41, 5.74) is 2.90. The van der Waals surface area contributed by atoms with Crippen molar-refractivity contribution in [2.24, 2.45) is 5.41 Å². The molecule has 3 rings (SSSR count). The number of fused-ring (bicyclic) bond motifs is 1. The molecule has 5 nitrogen and oxygen atoms in total. The molecule has 0 atom stereocenters. The second kappa shape index (κ2) is 8.19. The second-order valence-electron chi connectivity index (χ2n) is 7.53. The van der Waals surface area contributed by atoms with Crippen molar-refractivity contribution >= 4 is 6.03 Å². The van der Waals surface area contributed by atoms with Crippen molar-refractivity contribution in [3.05, 3.63) is 35.4 Å². The summed E-state index contributed by atoms with van der Waals surface area (Å²) in [6.45, 7) is 7.48. The Hall–Kier alpha value is -1.59. The van der Waals surface area contributed by atoms with Crippen molar-refractivity contribution in [1.82, 2.24) is 15.1 Å². The minimum atomic E-state index is 0.0258. The SMILES string of the molecule is CCC1(CO)CCN(C(=O)NCCN2CCc3ccccc3C2)CC1. The van der Waals surface area contributed by atoms with Gasteiger partial charge in [0.2, 0.25) is 0 Å². The smallest absolute Gasteiger partial charge is 0.317 e. The zero-order chi connectivity index (χ0) is 17.7. The van der Waals surface area contributed by atoms with Gasteiger partial charge < -0.3 is 15.3 Å². The van der Waals surface area contributed by atoms with Crippen molar-refractivity contribution in [2.45, 2.75) is 39.2 Å². The van der Waals surface area contributed by atoms with E-state index in [9.17, 15) is 9.90 Å². The lowest BCUT2D eigenvalue weighted by Gasteiger charge is -2.40. The Morgan fingerprint density at radius 3 is 2.60 bits per heavy atom. The van der Waals surface area contributed by atoms with E-state index in [-0.39, 0.29) is 18.1 Å². The summed E-state index contributed by atoms with van der Waals surface area (Å²) in [7, 11) is 0. The van der Waals surface area contributed by atoms with Crippen molar-refractivity contribution in [3.8, 4) is 0 Å². The molecule has 1 aromatic rings. The van der Waals surface area contributed by atoms with Gasteiger partial charge in [-0.1, -0.05) is 31.2 Å². The highest BCUT2D eigenvalue weighted by Gasteiger charge is 2.33. The second-order valence-corrected chi connectivity index (χ2v) is 7.53. The first-order valence-electron chi connectivity index (χ1n) is 9.58. The summed E-state index contributed by atoms with van der Waals surface area (Å²) < 4.78 is 0. The summed E-state index contributed by atoms with van der Waals surface area (Å²) in [4.78, 5) is 16.7. The van der Waals surface area contributed by atoms with Crippen molar-refractivity contribution in [1.29, 1.82) is 0 Å². The number of piperidine rings is 1. The first kappa shape index (κ1) is 18.2. The predicted octanol–water partition coefficient (Wildman–Crippen LogP) is 2.24. The van der Waals surface area contributed by atoms with E-state index in [1.807, 2.05) is 4.90 Å². The van der Waals surface area contributed by atoms with Crippen molar-refractivity contribution in [2.75, 3.05) is 39.3 Å². The van der Waals surface area contributed by atoms with Gasteiger partial charge in [-0.3, -0.25) is 4.90 Å². The van der Waals surface area contributed by atoms with Gasteiger partial charge in [-0.05, 0) is 42.2 Å². The van der Waals surface area contributed by atoms with Gasteiger partial charge in [-0.2, -0.15) is 0 Å². The Bertz CT molecular complexity index is 576. The number of benzene rings is 1. The van der Waals surface area contributed by atoms with Gasteiger partial charge in [0.15, 0.2) is 0 Å². The Kier molecular flexibility index (Phi) is 5.97. The summed E-state index contributed by atoms with van der Waals surface area (Å²) in [5, 5.41) is 12.7. The van der Waals surface area contributed by atoms with Crippen LogP contribution in [0.2, 0.25) is 0 Å². The Labute approximate surface area is 151 Å². The molecule has 1 saturated heterocycles. The lowest BCUT2D eigenvalue weighted by Crippen LogP contribution is -2.49. The van der Waals surface area contributed by atoms with Crippen LogP contribution in [0, 0.1) is 5.41 Å². The van der Waals surface area contributed by atoms with Crippen LogP contribution in [0.25, 0.3) is 0 Å². The number of carbonyl (C=O) groups excluding carboxylic acids is 1. The molecule has 138 valence electrons. The van der Waals surface area contributed by atoms with E-state index in [2.05, 4.69) is 41.4 Å². The van der Waals surface area contributed by atoms with Gasteiger partial charge >= 0.3 is 6.03 Å². The van der Waals surface area contributed by atoms with Gasteiger partial charge in [-0.25, -0.2) is 4.79 Å². The zero-order valence-electron chi connectivity index (χ0n) is 15.3. The molecule has 2 heterocycles. The van der Waals surface area contributed by atoms with Crippen LogP contribution in [0.5, 0.6) is 0 Å². The Morgan fingerprint density at radius 1 is 1.20 bits per heavy atom. The van der Waals surface area contributed by atoms with Crippen molar-refractivity contribution < 1.29 is 9.90 Å². The molecule has 25 heavy (non-hydrogen) atoms. The lowest BCUT2D eigenvalue weighted by atomic mass is 9.77. The van der Waals surface area contributed by atoms with Gasteiger partial charge in [0.05, 0.1) is 0 Å². The maximum absolute atomic E-state index is 12.4. The number of carbonyl (C=O) groups is 1. The molecule has 0 aliphatic carbocycles. The number of hydrogen-bond acceptors (Lipinski definition) is 3. The number of rotatable bonds is 5. The molecule has 2 aliphatic rings. The Morgan fingerprint density at radius 2 is 1.92 bits per heavy atom. The minimum absolute atomic E-state index is 0.0258. The molecule has 0 aromatic heterocycles. The number of aliphatic hydroxyl groups excluding tert-OH is 1. The zero-order valence-corrected chi connectivity index (χ0v) is 15.3. The maximum Gasteiger partial charge on any atom is 0.317 e. The maximum atomic E-state index is 12.4. The van der Waals surface area contributed by atoms with Gasteiger partial charge in [-0.15, -0.1) is 0 Å². The highest BCUT2D eigenvalue weighted by atomic mass is 16.3. The Balaban J connectivity index is 1.39. The average molecular weight is 345 g/mol. The van der Waals surface area contributed by atoms with E-state index in [1.54, 1.807) is 0 Å². The molecule has 0 bridgehead atoms. The number of nitrogens with zero attached hydrogens (tertiary/aromatic N) is 2. The molecular formula is C20H31N3O2. The molecular weight excluding hydrogens is 314 g/mol. The highest BCUT2D eigenvalue weighted by Crippen LogP contribution is 2.34.